The molecule has 2 aromatic carbocycles. The van der Waals surface area contributed by atoms with E-state index >= 15 is 0 Å². The standard InChI is InChI=1S/C40H48/c1-13-15-25(4)31-16-14-17-32(20-31)33-19-18-26(5)36-28(7)37-30(9)40(12)29(8)35(24(2)3)27(6)21-39(40,11)23-38(37,10)22-34(33)36/h14,16-20H,2,4,7-8,13,15,21-23H2,1,3,5-6,9-12H3/t38-,39+,40-/m1/s1. The Bertz CT molecular complexity index is 1560. The number of allylic oxidation sites excluding steroid dienone is 8. The highest BCUT2D eigenvalue weighted by Crippen LogP contribution is 2.70. The molecule has 0 saturated heterocycles. The summed E-state index contributed by atoms with van der Waals surface area (Å²) in [5, 5.41) is 0. The average Bonchev–Trinajstić information content (AvgIpc) is 2.86. The number of benzene rings is 2. The van der Waals surface area contributed by atoms with Gasteiger partial charge in [0.25, 0.3) is 0 Å². The van der Waals surface area contributed by atoms with Crippen molar-refractivity contribution in [1.29, 1.82) is 0 Å². The average molecular weight is 529 g/mol. The Hall–Kier alpha value is -3.12. The molecule has 0 heteroatoms. The Morgan fingerprint density at radius 1 is 0.950 bits per heavy atom. The lowest BCUT2D eigenvalue weighted by molar-refractivity contribution is 0.0544. The fourth-order valence-electron chi connectivity index (χ4n) is 9.16. The molecule has 0 unspecified atom stereocenters. The van der Waals surface area contributed by atoms with E-state index in [2.05, 4.69) is 105 Å². The summed E-state index contributed by atoms with van der Waals surface area (Å²) in [4.78, 5) is 0. The van der Waals surface area contributed by atoms with Crippen molar-refractivity contribution in [2.45, 2.75) is 87.5 Å². The first-order valence-corrected chi connectivity index (χ1v) is 15.1. The van der Waals surface area contributed by atoms with Gasteiger partial charge in [0, 0.05) is 5.41 Å². The second-order valence-electron chi connectivity index (χ2n) is 13.9. The minimum atomic E-state index is -0.129. The zero-order chi connectivity index (χ0) is 29.4. The van der Waals surface area contributed by atoms with Gasteiger partial charge in [0.05, 0.1) is 0 Å². The van der Waals surface area contributed by atoms with E-state index in [0.717, 1.165) is 37.7 Å². The predicted molar refractivity (Wildman–Crippen MR) is 176 cm³/mol. The molecule has 0 saturated carbocycles. The molecule has 0 aliphatic heterocycles. The molecule has 2 aromatic rings. The maximum atomic E-state index is 4.86. The van der Waals surface area contributed by atoms with Gasteiger partial charge < -0.3 is 0 Å². The molecule has 3 aliphatic rings. The van der Waals surface area contributed by atoms with Crippen LogP contribution in [0.1, 0.15) is 96.4 Å². The van der Waals surface area contributed by atoms with Gasteiger partial charge in [-0.3, -0.25) is 0 Å². The molecule has 5 rings (SSSR count). The zero-order valence-corrected chi connectivity index (χ0v) is 26.3. The summed E-state index contributed by atoms with van der Waals surface area (Å²) < 4.78 is 0. The van der Waals surface area contributed by atoms with E-state index in [1.165, 1.54) is 72.4 Å². The summed E-state index contributed by atoms with van der Waals surface area (Å²) in [5.74, 6) is 0. The molecular weight excluding hydrogens is 480 g/mol. The van der Waals surface area contributed by atoms with E-state index < -0.39 is 0 Å². The minimum absolute atomic E-state index is 0.00960. The number of hydrogen-bond acceptors (Lipinski definition) is 0. The van der Waals surface area contributed by atoms with Crippen molar-refractivity contribution < 1.29 is 0 Å². The van der Waals surface area contributed by atoms with Gasteiger partial charge >= 0.3 is 0 Å². The molecule has 0 spiro atoms. The van der Waals surface area contributed by atoms with Crippen LogP contribution in [0.5, 0.6) is 0 Å². The molecule has 3 aliphatic carbocycles. The quantitative estimate of drug-likeness (QED) is 0.362. The third-order valence-electron chi connectivity index (χ3n) is 11.0. The minimum Gasteiger partial charge on any atom is -0.0955 e. The summed E-state index contributed by atoms with van der Waals surface area (Å²) in [7, 11) is 0. The lowest BCUT2D eigenvalue weighted by atomic mass is 9.41. The number of fused-ring (bicyclic) bond motifs is 3. The van der Waals surface area contributed by atoms with Crippen molar-refractivity contribution in [3.05, 3.63) is 118 Å². The first kappa shape index (κ1) is 28.4. The van der Waals surface area contributed by atoms with Crippen molar-refractivity contribution in [2.75, 3.05) is 0 Å². The number of aryl methyl sites for hydroxylation is 1. The fraction of sp³-hybridized carbons (Fsp3) is 0.400. The van der Waals surface area contributed by atoms with Crippen LogP contribution in [0.15, 0.2) is 96.2 Å². The Labute approximate surface area is 244 Å². The van der Waals surface area contributed by atoms with E-state index in [1.54, 1.807) is 0 Å². The third-order valence-corrected chi connectivity index (χ3v) is 11.0. The summed E-state index contributed by atoms with van der Waals surface area (Å²) in [5.41, 5.74) is 18.4. The zero-order valence-electron chi connectivity index (χ0n) is 26.3. The van der Waals surface area contributed by atoms with E-state index in [9.17, 15) is 0 Å². The molecule has 0 bridgehead atoms. The van der Waals surface area contributed by atoms with Gasteiger partial charge in [-0.25, -0.2) is 0 Å². The van der Waals surface area contributed by atoms with Gasteiger partial charge in [-0.15, -0.1) is 0 Å². The van der Waals surface area contributed by atoms with Crippen LogP contribution in [0.25, 0.3) is 22.3 Å². The molecule has 40 heavy (non-hydrogen) atoms. The summed E-state index contributed by atoms with van der Waals surface area (Å²) >= 11 is 0. The maximum absolute atomic E-state index is 4.86. The Balaban J connectivity index is 1.72. The van der Waals surface area contributed by atoms with E-state index in [0.29, 0.717) is 0 Å². The highest BCUT2D eigenvalue weighted by atomic mass is 14.6. The van der Waals surface area contributed by atoms with Gasteiger partial charge in [-0.2, -0.15) is 0 Å². The second-order valence-corrected chi connectivity index (χ2v) is 13.9. The van der Waals surface area contributed by atoms with Crippen molar-refractivity contribution >= 4 is 11.1 Å². The van der Waals surface area contributed by atoms with E-state index in [-0.39, 0.29) is 16.2 Å². The van der Waals surface area contributed by atoms with Crippen LogP contribution in [-0.2, 0) is 6.42 Å². The van der Waals surface area contributed by atoms with Gasteiger partial charge in [-0.1, -0.05) is 107 Å². The third kappa shape index (κ3) is 3.86. The smallest absolute Gasteiger partial charge is 0.0194 e. The van der Waals surface area contributed by atoms with Crippen LogP contribution in [0.4, 0.5) is 0 Å². The number of hydrogen-bond donors (Lipinski definition) is 0. The van der Waals surface area contributed by atoms with E-state index in [1.807, 2.05) is 0 Å². The molecule has 208 valence electrons. The lowest BCUT2D eigenvalue weighted by Crippen LogP contribution is -2.52. The van der Waals surface area contributed by atoms with Crippen LogP contribution < -0.4 is 0 Å². The van der Waals surface area contributed by atoms with Gasteiger partial charge in [0.15, 0.2) is 0 Å². The van der Waals surface area contributed by atoms with Crippen LogP contribution in [0, 0.1) is 23.2 Å². The fourth-order valence-corrected chi connectivity index (χ4v) is 9.16. The molecule has 0 fully saturated rings. The highest BCUT2D eigenvalue weighted by molar-refractivity contribution is 5.90. The summed E-state index contributed by atoms with van der Waals surface area (Å²) in [6.45, 7) is 37.1. The van der Waals surface area contributed by atoms with Crippen molar-refractivity contribution in [1.82, 2.24) is 0 Å². The maximum Gasteiger partial charge on any atom is 0.0194 e. The van der Waals surface area contributed by atoms with Crippen LogP contribution >= 0.6 is 0 Å². The van der Waals surface area contributed by atoms with Crippen molar-refractivity contribution in [3.8, 4) is 11.1 Å². The molecular formula is C40H48. The monoisotopic (exact) mass is 528 g/mol. The van der Waals surface area contributed by atoms with Crippen LogP contribution in [-0.4, -0.2) is 0 Å². The van der Waals surface area contributed by atoms with Crippen molar-refractivity contribution in [2.24, 2.45) is 16.2 Å². The Kier molecular flexibility index (Phi) is 6.73. The van der Waals surface area contributed by atoms with Crippen molar-refractivity contribution in [3.63, 3.8) is 0 Å². The Morgan fingerprint density at radius 2 is 1.65 bits per heavy atom. The molecule has 0 heterocycles. The molecule has 0 radical (unpaired) electrons. The highest BCUT2D eigenvalue weighted by Gasteiger charge is 2.59. The molecule has 0 aromatic heterocycles. The topological polar surface area (TPSA) is 0 Å². The van der Waals surface area contributed by atoms with E-state index in [4.69, 9.17) is 13.2 Å². The molecule has 0 nitrogen and oxygen atoms in total. The van der Waals surface area contributed by atoms with Crippen LogP contribution in [0.3, 0.4) is 0 Å². The first-order chi connectivity index (χ1) is 18.7. The summed E-state index contributed by atoms with van der Waals surface area (Å²) in [6.07, 6.45) is 5.36. The first-order valence-electron chi connectivity index (χ1n) is 15.1. The predicted octanol–water partition coefficient (Wildman–Crippen LogP) is 11.6. The molecule has 3 atom stereocenters. The summed E-state index contributed by atoms with van der Waals surface area (Å²) in [6, 6.07) is 13.7. The largest absolute Gasteiger partial charge is 0.0955 e. The van der Waals surface area contributed by atoms with Gasteiger partial charge in [-0.05, 0) is 132 Å². The molecule has 0 amide bonds. The lowest BCUT2D eigenvalue weighted by Gasteiger charge is -2.62. The Morgan fingerprint density at radius 3 is 2.30 bits per heavy atom. The van der Waals surface area contributed by atoms with Crippen LogP contribution in [0.2, 0.25) is 0 Å². The second kappa shape index (κ2) is 9.47. The van der Waals surface area contributed by atoms with Gasteiger partial charge in [0.1, 0.15) is 0 Å². The SMILES string of the molecule is C=C(C)C1=C(C)C[C@@]2(C)C[C@@]3(C)Cc4c(-c5cccc(C(=C)CCC)c5)ccc(C)c4C(=C)C3=C(C)[C@@]2(C)C1=C. The molecule has 0 N–H and O–H groups in total. The number of rotatable bonds is 5. The van der Waals surface area contributed by atoms with Gasteiger partial charge in [0.2, 0.25) is 0 Å². The normalized spacial score (nSPS) is 27.8.